The van der Waals surface area contributed by atoms with Crippen molar-refractivity contribution < 1.29 is 24.3 Å². The van der Waals surface area contributed by atoms with Gasteiger partial charge in [0.15, 0.2) is 0 Å². The van der Waals surface area contributed by atoms with Gasteiger partial charge in [-0.05, 0) is 50.9 Å². The lowest BCUT2D eigenvalue weighted by molar-refractivity contribution is -0.210. The molecular formula is C45H89NO5. The number of nitrogens with zero attached hydrogens (tertiary/aromatic N) is 1. The molecule has 0 aromatic heterocycles. The van der Waals surface area contributed by atoms with Crippen LogP contribution in [0.25, 0.3) is 0 Å². The minimum absolute atomic E-state index is 0.0476. The Labute approximate surface area is 318 Å². The third-order valence-electron chi connectivity index (χ3n) is 10.7. The van der Waals surface area contributed by atoms with Crippen LogP contribution in [-0.2, 0) is 19.2 Å². The molecule has 0 radical (unpaired) electrons. The molecule has 304 valence electrons. The van der Waals surface area contributed by atoms with E-state index in [-0.39, 0.29) is 24.6 Å². The Hall–Kier alpha value is -1.14. The summed E-state index contributed by atoms with van der Waals surface area (Å²) in [5.74, 6) is 0.330. The molecule has 0 amide bonds. The van der Waals surface area contributed by atoms with Crippen molar-refractivity contribution in [3.8, 4) is 0 Å². The molecule has 0 spiro atoms. The van der Waals surface area contributed by atoms with Crippen molar-refractivity contribution in [2.75, 3.05) is 19.8 Å². The number of hydroxylamine groups is 2. The Balaban J connectivity index is 5.30. The molecule has 1 N–H and O–H groups in total. The third kappa shape index (κ3) is 33.2. The highest BCUT2D eigenvalue weighted by molar-refractivity contribution is 5.69. The number of aliphatic hydroxyl groups is 1. The minimum atomic E-state index is -0.109. The predicted octanol–water partition coefficient (Wildman–Crippen LogP) is 13.6. The van der Waals surface area contributed by atoms with Gasteiger partial charge in [0.2, 0.25) is 0 Å². The molecule has 0 heterocycles. The lowest BCUT2D eigenvalue weighted by Gasteiger charge is -2.36. The number of carbonyl (C=O) groups is 2. The molecule has 0 saturated heterocycles. The zero-order chi connectivity index (χ0) is 37.5. The molecule has 0 aliphatic heterocycles. The number of hydrogen-bond donors (Lipinski definition) is 1. The van der Waals surface area contributed by atoms with Gasteiger partial charge in [-0.25, -0.2) is 0 Å². The van der Waals surface area contributed by atoms with Gasteiger partial charge in [0.25, 0.3) is 0 Å². The van der Waals surface area contributed by atoms with E-state index in [9.17, 15) is 14.7 Å². The van der Waals surface area contributed by atoms with E-state index < -0.39 is 0 Å². The van der Waals surface area contributed by atoms with Gasteiger partial charge in [-0.15, -0.1) is 5.06 Å². The average molecular weight is 724 g/mol. The highest BCUT2D eigenvalue weighted by Crippen LogP contribution is 2.30. The van der Waals surface area contributed by atoms with E-state index in [1.165, 1.54) is 141 Å². The van der Waals surface area contributed by atoms with E-state index >= 15 is 0 Å². The second-order valence-corrected chi connectivity index (χ2v) is 15.6. The van der Waals surface area contributed by atoms with E-state index in [4.69, 9.17) is 9.57 Å². The van der Waals surface area contributed by atoms with Crippen molar-refractivity contribution in [2.24, 2.45) is 5.92 Å². The molecule has 0 saturated carbocycles. The summed E-state index contributed by atoms with van der Waals surface area (Å²) >= 11 is 0. The van der Waals surface area contributed by atoms with Crippen LogP contribution in [0.5, 0.6) is 0 Å². The lowest BCUT2D eigenvalue weighted by atomic mass is 9.85. The van der Waals surface area contributed by atoms with Crippen LogP contribution >= 0.6 is 0 Å². The maximum Gasteiger partial charge on any atom is 0.325 e. The summed E-state index contributed by atoms with van der Waals surface area (Å²) in [6.07, 6.45) is 38.6. The second-order valence-electron chi connectivity index (χ2n) is 15.6. The summed E-state index contributed by atoms with van der Waals surface area (Å²) in [5.41, 5.74) is 0. The number of unbranched alkanes of at least 4 members (excludes halogenated alkanes) is 23. The van der Waals surface area contributed by atoms with Crippen LogP contribution in [-0.4, -0.2) is 47.9 Å². The van der Waals surface area contributed by atoms with Crippen molar-refractivity contribution in [1.82, 2.24) is 5.06 Å². The standard InChI is InChI=1S/C45H89NO5/c1-5-9-13-17-20-26-32-41-50-44(48)37-30-25-24-29-36-43(46(39-33-40-47)51-45(49)38-31-21-16-12-8-4)42(34-27-22-18-14-10-6-2)35-28-23-19-15-11-7-3/h42-43,47H,5-41H2,1-4H3. The summed E-state index contributed by atoms with van der Waals surface area (Å²) in [5, 5.41) is 11.8. The molecule has 6 nitrogen and oxygen atoms in total. The number of aliphatic hydroxyl groups excluding tert-OH is 1. The molecular weight excluding hydrogens is 634 g/mol. The van der Waals surface area contributed by atoms with Crippen molar-refractivity contribution in [2.45, 2.75) is 252 Å². The molecule has 0 rings (SSSR count). The molecule has 0 aromatic rings. The van der Waals surface area contributed by atoms with Crippen LogP contribution in [0.4, 0.5) is 0 Å². The van der Waals surface area contributed by atoms with Gasteiger partial charge in [0.05, 0.1) is 6.61 Å². The van der Waals surface area contributed by atoms with Gasteiger partial charge in [-0.2, -0.15) is 0 Å². The molecule has 0 fully saturated rings. The zero-order valence-electron chi connectivity index (χ0n) is 34.8. The van der Waals surface area contributed by atoms with E-state index in [0.717, 1.165) is 57.8 Å². The summed E-state index contributed by atoms with van der Waals surface area (Å²) in [6, 6.07) is 0.179. The van der Waals surface area contributed by atoms with E-state index in [2.05, 4.69) is 27.7 Å². The Morgan fingerprint density at radius 1 is 0.471 bits per heavy atom. The van der Waals surface area contributed by atoms with E-state index in [1.807, 2.05) is 5.06 Å². The topological polar surface area (TPSA) is 76.1 Å². The quantitative estimate of drug-likeness (QED) is 0.0384. The monoisotopic (exact) mass is 724 g/mol. The largest absolute Gasteiger partial charge is 0.466 e. The normalized spacial score (nSPS) is 12.2. The van der Waals surface area contributed by atoms with Crippen molar-refractivity contribution in [1.29, 1.82) is 0 Å². The molecule has 1 unspecified atom stereocenters. The first-order valence-corrected chi connectivity index (χ1v) is 22.8. The first-order valence-electron chi connectivity index (χ1n) is 22.8. The minimum Gasteiger partial charge on any atom is -0.466 e. The average Bonchev–Trinajstić information content (AvgIpc) is 3.13. The first kappa shape index (κ1) is 49.9. The maximum atomic E-state index is 13.2. The summed E-state index contributed by atoms with van der Waals surface area (Å²) in [7, 11) is 0. The lowest BCUT2D eigenvalue weighted by Crippen LogP contribution is -2.43. The number of hydrogen-bond acceptors (Lipinski definition) is 6. The van der Waals surface area contributed by atoms with Crippen LogP contribution < -0.4 is 0 Å². The van der Waals surface area contributed by atoms with Crippen LogP contribution in [0.3, 0.4) is 0 Å². The Morgan fingerprint density at radius 3 is 1.33 bits per heavy atom. The number of rotatable bonds is 41. The fraction of sp³-hybridized carbons (Fsp3) is 0.956. The SMILES string of the molecule is CCCCCCCCCOC(=O)CCCCCCC(C(CCCCCCCC)CCCCCCCC)N(CCCO)OC(=O)CCCCCCC. The number of ether oxygens (including phenoxy) is 1. The van der Waals surface area contributed by atoms with Gasteiger partial charge in [0, 0.05) is 32.0 Å². The molecule has 0 aliphatic rings. The third-order valence-corrected chi connectivity index (χ3v) is 10.7. The van der Waals surface area contributed by atoms with Crippen molar-refractivity contribution >= 4 is 11.9 Å². The highest BCUT2D eigenvalue weighted by Gasteiger charge is 2.29. The zero-order valence-corrected chi connectivity index (χ0v) is 34.8. The number of carbonyl (C=O) groups excluding carboxylic acids is 2. The molecule has 6 heteroatoms. The van der Waals surface area contributed by atoms with Gasteiger partial charge in [-0.1, -0.05) is 188 Å². The summed E-state index contributed by atoms with van der Waals surface area (Å²) in [6.45, 7) is 10.3. The van der Waals surface area contributed by atoms with Crippen molar-refractivity contribution in [3.05, 3.63) is 0 Å². The van der Waals surface area contributed by atoms with Crippen LogP contribution in [0.1, 0.15) is 246 Å². The fourth-order valence-corrected chi connectivity index (χ4v) is 7.37. The van der Waals surface area contributed by atoms with Gasteiger partial charge < -0.3 is 14.7 Å². The van der Waals surface area contributed by atoms with Gasteiger partial charge in [-0.3, -0.25) is 9.59 Å². The smallest absolute Gasteiger partial charge is 0.325 e. The molecule has 51 heavy (non-hydrogen) atoms. The maximum absolute atomic E-state index is 13.2. The molecule has 0 aliphatic carbocycles. The van der Waals surface area contributed by atoms with E-state index in [1.54, 1.807) is 0 Å². The van der Waals surface area contributed by atoms with Crippen LogP contribution in [0.15, 0.2) is 0 Å². The predicted molar refractivity (Wildman–Crippen MR) is 218 cm³/mol. The Bertz CT molecular complexity index is 715. The van der Waals surface area contributed by atoms with Gasteiger partial charge in [0.1, 0.15) is 0 Å². The van der Waals surface area contributed by atoms with Crippen LogP contribution in [0, 0.1) is 5.92 Å². The van der Waals surface area contributed by atoms with Gasteiger partial charge >= 0.3 is 11.9 Å². The van der Waals surface area contributed by atoms with E-state index in [0.29, 0.717) is 38.3 Å². The molecule has 1 atom stereocenters. The van der Waals surface area contributed by atoms with Crippen molar-refractivity contribution in [3.63, 3.8) is 0 Å². The highest BCUT2D eigenvalue weighted by atomic mass is 16.7. The molecule has 0 bridgehead atoms. The van der Waals surface area contributed by atoms with Crippen LogP contribution in [0.2, 0.25) is 0 Å². The fourth-order valence-electron chi connectivity index (χ4n) is 7.37. The molecule has 0 aromatic carbocycles. The Kier molecular flexibility index (Phi) is 39.2. The first-order chi connectivity index (χ1) is 25.0. The summed E-state index contributed by atoms with van der Waals surface area (Å²) < 4.78 is 5.52. The second kappa shape index (κ2) is 40.1. The Morgan fingerprint density at radius 2 is 0.863 bits per heavy atom. The summed E-state index contributed by atoms with van der Waals surface area (Å²) in [4.78, 5) is 31.7. The number of esters is 1.